The Morgan fingerprint density at radius 1 is 0.778 bits per heavy atom. The molecule has 0 saturated carbocycles. The predicted octanol–water partition coefficient (Wildman–Crippen LogP) is 5.12. The van der Waals surface area contributed by atoms with Crippen molar-refractivity contribution < 1.29 is 26.0 Å². The molecule has 0 atom stereocenters. The van der Waals surface area contributed by atoms with Gasteiger partial charge in [-0.25, -0.2) is 4.39 Å². The van der Waals surface area contributed by atoms with Gasteiger partial charge in [-0.15, -0.1) is 6.07 Å². The van der Waals surface area contributed by atoms with E-state index >= 15 is 0 Å². The molecule has 0 spiro atoms. The first-order valence-electron chi connectivity index (χ1n) is 8.11. The van der Waals surface area contributed by atoms with Crippen LogP contribution >= 0.6 is 0 Å². The fraction of sp³-hybridized carbons (Fsp3) is 0. The van der Waals surface area contributed by atoms with Gasteiger partial charge in [0.05, 0.1) is 11.5 Å². The molecule has 27 heavy (non-hydrogen) atoms. The van der Waals surface area contributed by atoms with Crippen molar-refractivity contribution in [2.45, 2.75) is 0 Å². The van der Waals surface area contributed by atoms with Crippen molar-refractivity contribution in [1.29, 1.82) is 0 Å². The summed E-state index contributed by atoms with van der Waals surface area (Å²) in [6.07, 6.45) is 1.66. The van der Waals surface area contributed by atoms with Crippen molar-refractivity contribution in [3.05, 3.63) is 90.9 Å². The monoisotopic (exact) mass is 399 g/mol. The molecule has 0 aliphatic heterocycles. The number of phenols is 1. The number of rotatable bonds is 3. The van der Waals surface area contributed by atoms with Gasteiger partial charge in [-0.2, -0.15) is 0 Å². The SMILES string of the molecule is Oc1ccccc1-c1cccc(-c2[c-]c(-c3ccccn3)cc(F)c2)n1.[Ni]. The van der Waals surface area contributed by atoms with Crippen LogP contribution in [0.4, 0.5) is 4.39 Å². The maximum Gasteiger partial charge on any atom is 0.124 e. The van der Waals surface area contributed by atoms with Gasteiger partial charge in [-0.3, -0.25) is 9.97 Å². The molecule has 2 aromatic heterocycles. The molecule has 1 N–H and O–H groups in total. The van der Waals surface area contributed by atoms with Gasteiger partial charge >= 0.3 is 0 Å². The molecule has 5 heteroatoms. The van der Waals surface area contributed by atoms with E-state index in [1.54, 1.807) is 48.7 Å². The molecule has 0 amide bonds. The van der Waals surface area contributed by atoms with Gasteiger partial charge < -0.3 is 5.11 Å². The second-order valence-electron chi connectivity index (χ2n) is 5.77. The van der Waals surface area contributed by atoms with Crippen molar-refractivity contribution in [2.75, 3.05) is 0 Å². The number of para-hydroxylation sites is 1. The van der Waals surface area contributed by atoms with Crippen molar-refractivity contribution in [3.8, 4) is 39.5 Å². The van der Waals surface area contributed by atoms with Crippen LogP contribution < -0.4 is 0 Å². The fourth-order valence-corrected chi connectivity index (χ4v) is 2.76. The Morgan fingerprint density at radius 2 is 1.44 bits per heavy atom. The third-order valence-corrected chi connectivity index (χ3v) is 3.98. The van der Waals surface area contributed by atoms with E-state index < -0.39 is 0 Å². The number of phenolic OH excluding ortho intramolecular Hbond substituents is 1. The minimum atomic E-state index is -0.380. The van der Waals surface area contributed by atoms with Gasteiger partial charge in [0.1, 0.15) is 5.75 Å². The van der Waals surface area contributed by atoms with E-state index in [0.29, 0.717) is 33.8 Å². The molecule has 4 rings (SSSR count). The number of aromatic nitrogens is 2. The van der Waals surface area contributed by atoms with Crippen LogP contribution in [0.5, 0.6) is 5.75 Å². The van der Waals surface area contributed by atoms with Gasteiger partial charge in [-0.05, 0) is 24.3 Å². The Bertz CT molecular complexity index is 1070. The Labute approximate surface area is 166 Å². The molecule has 4 aromatic rings. The van der Waals surface area contributed by atoms with E-state index in [2.05, 4.69) is 16.0 Å². The van der Waals surface area contributed by atoms with E-state index in [1.165, 1.54) is 12.1 Å². The molecule has 2 aromatic carbocycles. The molecule has 2 heterocycles. The summed E-state index contributed by atoms with van der Waals surface area (Å²) in [7, 11) is 0. The number of benzene rings is 2. The molecule has 0 aliphatic rings. The van der Waals surface area contributed by atoms with Crippen LogP contribution in [0.25, 0.3) is 33.8 Å². The van der Waals surface area contributed by atoms with Crippen LogP contribution in [-0.2, 0) is 16.5 Å². The first-order chi connectivity index (χ1) is 12.7. The molecule has 0 bridgehead atoms. The van der Waals surface area contributed by atoms with Crippen LogP contribution in [0.2, 0.25) is 0 Å². The minimum Gasteiger partial charge on any atom is -0.507 e. The van der Waals surface area contributed by atoms with Gasteiger partial charge in [0, 0.05) is 39.6 Å². The summed E-state index contributed by atoms with van der Waals surface area (Å²) in [4.78, 5) is 8.82. The van der Waals surface area contributed by atoms with Crippen LogP contribution in [0, 0.1) is 11.9 Å². The molecule has 136 valence electrons. The first kappa shape index (κ1) is 18.7. The maximum atomic E-state index is 14.2. The van der Waals surface area contributed by atoms with Gasteiger partial charge in [0.2, 0.25) is 0 Å². The van der Waals surface area contributed by atoms with Crippen LogP contribution in [-0.4, -0.2) is 15.1 Å². The molecule has 0 fully saturated rings. The fourth-order valence-electron chi connectivity index (χ4n) is 2.76. The van der Waals surface area contributed by atoms with E-state index in [4.69, 9.17) is 0 Å². The first-order valence-corrected chi connectivity index (χ1v) is 8.11. The summed E-state index contributed by atoms with van der Waals surface area (Å²) in [6, 6.07) is 23.8. The number of hydrogen-bond acceptors (Lipinski definition) is 3. The summed E-state index contributed by atoms with van der Waals surface area (Å²) >= 11 is 0. The van der Waals surface area contributed by atoms with E-state index in [-0.39, 0.29) is 28.1 Å². The van der Waals surface area contributed by atoms with Gasteiger partial charge in [0.25, 0.3) is 0 Å². The van der Waals surface area contributed by atoms with Gasteiger partial charge in [0.15, 0.2) is 0 Å². The van der Waals surface area contributed by atoms with Gasteiger partial charge in [-0.1, -0.05) is 59.7 Å². The Morgan fingerprint density at radius 3 is 2.19 bits per heavy atom. The van der Waals surface area contributed by atoms with Crippen molar-refractivity contribution in [2.24, 2.45) is 0 Å². The topological polar surface area (TPSA) is 46.0 Å². The third-order valence-electron chi connectivity index (χ3n) is 3.98. The second kappa shape index (κ2) is 8.11. The van der Waals surface area contributed by atoms with E-state index in [0.717, 1.165) is 0 Å². The summed E-state index contributed by atoms with van der Waals surface area (Å²) in [5.41, 5.74) is 3.54. The molecule has 0 unspecified atom stereocenters. The van der Waals surface area contributed by atoms with E-state index in [9.17, 15) is 9.50 Å². The summed E-state index contributed by atoms with van der Waals surface area (Å²) in [5, 5.41) is 10.0. The average molecular weight is 400 g/mol. The van der Waals surface area contributed by atoms with Crippen molar-refractivity contribution in [3.63, 3.8) is 0 Å². The second-order valence-corrected chi connectivity index (χ2v) is 5.77. The van der Waals surface area contributed by atoms with Crippen LogP contribution in [0.1, 0.15) is 0 Å². The summed E-state index contributed by atoms with van der Waals surface area (Å²) in [5.74, 6) is -0.233. The average Bonchev–Trinajstić information content (AvgIpc) is 2.69. The Kier molecular flexibility index (Phi) is 5.63. The number of nitrogens with zero attached hydrogens (tertiary/aromatic N) is 2. The van der Waals surface area contributed by atoms with Crippen LogP contribution in [0.3, 0.4) is 0 Å². The number of halogens is 1. The Balaban J connectivity index is 0.00000210. The zero-order valence-electron chi connectivity index (χ0n) is 14.0. The zero-order chi connectivity index (χ0) is 17.9. The molecular weight excluding hydrogens is 386 g/mol. The van der Waals surface area contributed by atoms with Crippen LogP contribution in [0.15, 0.2) is 79.0 Å². The molecule has 0 aliphatic carbocycles. The normalized spacial score (nSPS) is 10.3. The number of aromatic hydroxyl groups is 1. The largest absolute Gasteiger partial charge is 0.507 e. The van der Waals surface area contributed by atoms with E-state index in [1.807, 2.05) is 18.2 Å². The standard InChI is InChI=1S/C22H14FN2O.Ni/c23-17-13-15(19-7-3-4-11-24-19)12-16(14-17)20-8-5-9-21(25-20)18-6-1-2-10-22(18)26;/h1-11,13-14,26H;/q-1;. The minimum absolute atomic E-state index is 0. The number of hydrogen-bond donors (Lipinski definition) is 1. The van der Waals surface area contributed by atoms with Crippen molar-refractivity contribution >= 4 is 0 Å². The molecule has 0 radical (unpaired) electrons. The molecule has 3 nitrogen and oxygen atoms in total. The third kappa shape index (κ3) is 4.04. The summed E-state index contributed by atoms with van der Waals surface area (Å²) in [6.45, 7) is 0. The zero-order valence-corrected chi connectivity index (χ0v) is 15.0. The molecule has 0 saturated heterocycles. The van der Waals surface area contributed by atoms with Crippen molar-refractivity contribution in [1.82, 2.24) is 9.97 Å². The number of pyridine rings is 2. The maximum absolute atomic E-state index is 14.2. The quantitative estimate of drug-likeness (QED) is 0.384. The molecular formula is C22H14FN2NiO-. The Hall–Kier alpha value is -3.04. The smallest absolute Gasteiger partial charge is 0.124 e. The summed E-state index contributed by atoms with van der Waals surface area (Å²) < 4.78 is 14.2. The predicted molar refractivity (Wildman–Crippen MR) is 98.8 cm³/mol.